The summed E-state index contributed by atoms with van der Waals surface area (Å²) in [6.07, 6.45) is 2.00. The minimum absolute atomic E-state index is 0.00164. The van der Waals surface area contributed by atoms with Gasteiger partial charge in [0.05, 0.1) is 28.6 Å². The maximum atomic E-state index is 13.4. The van der Waals surface area contributed by atoms with E-state index in [4.69, 9.17) is 9.47 Å². The number of carbonyl (C=O) groups is 1. The summed E-state index contributed by atoms with van der Waals surface area (Å²) >= 11 is 3.38. The van der Waals surface area contributed by atoms with Crippen LogP contribution in [0.2, 0.25) is 0 Å². The third-order valence-corrected chi connectivity index (χ3v) is 6.71. The Balaban J connectivity index is 1.70. The molecular weight excluding hydrogens is 613 g/mol. The fourth-order valence-electron chi connectivity index (χ4n) is 4.03. The minimum atomic E-state index is -0.675. The molecule has 0 aliphatic heterocycles. The number of fused-ring (bicyclic) bond motifs is 1. The molecule has 0 unspecified atom stereocenters. The van der Waals surface area contributed by atoms with Gasteiger partial charge in [0.2, 0.25) is 5.75 Å². The Morgan fingerprint density at radius 3 is 2.69 bits per heavy atom. The van der Waals surface area contributed by atoms with Crippen molar-refractivity contribution in [1.29, 1.82) is 0 Å². The Kier molecular flexibility index (Phi) is 9.63. The lowest BCUT2D eigenvalue weighted by Crippen LogP contribution is -2.23. The molecule has 3 aromatic carbocycles. The normalized spacial score (nSPS) is 11.9. The van der Waals surface area contributed by atoms with Crippen molar-refractivity contribution in [3.63, 3.8) is 0 Å². The summed E-state index contributed by atoms with van der Waals surface area (Å²) in [7, 11) is 0. The van der Waals surface area contributed by atoms with E-state index >= 15 is 0 Å². The fourth-order valence-corrected chi connectivity index (χ4v) is 4.39. The number of hydrogen-bond acceptors (Lipinski definition) is 8. The summed E-state index contributed by atoms with van der Waals surface area (Å²) in [6.45, 7) is 5.12. The van der Waals surface area contributed by atoms with Gasteiger partial charge >= 0.3 is 5.69 Å². The van der Waals surface area contributed by atoms with E-state index in [2.05, 4.69) is 31.3 Å². The number of rotatable bonds is 11. The van der Waals surface area contributed by atoms with Crippen molar-refractivity contribution in [2.45, 2.75) is 33.1 Å². The Morgan fingerprint density at radius 1 is 1.21 bits per heavy atom. The average molecular weight is 640 g/mol. The van der Waals surface area contributed by atoms with Gasteiger partial charge in [-0.15, -0.1) is 0 Å². The van der Waals surface area contributed by atoms with E-state index in [1.165, 1.54) is 41.2 Å². The molecule has 1 atom stereocenters. The van der Waals surface area contributed by atoms with Gasteiger partial charge in [0.15, 0.2) is 12.4 Å². The minimum Gasteiger partial charge on any atom is -0.490 e. The molecule has 42 heavy (non-hydrogen) atoms. The van der Waals surface area contributed by atoms with E-state index in [9.17, 15) is 24.1 Å². The van der Waals surface area contributed by atoms with Crippen LogP contribution in [0.25, 0.3) is 10.9 Å². The molecule has 0 radical (unpaired) electrons. The van der Waals surface area contributed by atoms with E-state index in [1.807, 2.05) is 13.8 Å². The van der Waals surface area contributed by atoms with E-state index in [1.54, 1.807) is 25.1 Å². The summed E-state index contributed by atoms with van der Waals surface area (Å²) in [5.74, 6) is -1.12. The number of ether oxygens (including phenoxy) is 2. The molecule has 4 aromatic rings. The first-order valence-corrected chi connectivity index (χ1v) is 13.8. The lowest BCUT2D eigenvalue weighted by atomic mass is 10.1. The predicted molar refractivity (Wildman–Crippen MR) is 160 cm³/mol. The van der Waals surface area contributed by atoms with Crippen LogP contribution in [0.3, 0.4) is 0 Å². The number of nitro groups is 1. The number of nitro benzene ring substituents is 1. The van der Waals surface area contributed by atoms with Gasteiger partial charge in [-0.25, -0.2) is 9.37 Å². The Hall–Kier alpha value is -4.65. The van der Waals surface area contributed by atoms with Crippen molar-refractivity contribution >= 4 is 50.3 Å². The number of halogens is 2. The SMILES string of the molecule is CCOc1cc(C=Nn2c([C@H](C)CC)nc3ccc(Br)cc3c2=O)cc([N+](=O)[O-])c1OCC(=O)Nc1cccc(F)c1. The zero-order valence-electron chi connectivity index (χ0n) is 23.0. The first-order valence-electron chi connectivity index (χ1n) is 13.0. The molecule has 13 heteroatoms. The van der Waals surface area contributed by atoms with Crippen molar-refractivity contribution in [3.8, 4) is 11.5 Å². The highest BCUT2D eigenvalue weighted by atomic mass is 79.9. The largest absolute Gasteiger partial charge is 0.490 e. The van der Waals surface area contributed by atoms with Gasteiger partial charge in [-0.05, 0) is 55.8 Å². The molecule has 0 bridgehead atoms. The summed E-state index contributed by atoms with van der Waals surface area (Å²) in [5, 5.41) is 19.2. The van der Waals surface area contributed by atoms with Gasteiger partial charge in [0, 0.05) is 27.7 Å². The molecule has 0 fully saturated rings. The number of nitrogens with one attached hydrogen (secondary N) is 1. The molecular formula is C29H27BrFN5O6. The van der Waals surface area contributed by atoms with Gasteiger partial charge < -0.3 is 14.8 Å². The molecule has 1 N–H and O–H groups in total. The first-order chi connectivity index (χ1) is 20.1. The molecule has 0 saturated carbocycles. The number of amides is 1. The van der Waals surface area contributed by atoms with Gasteiger partial charge in [-0.3, -0.25) is 19.7 Å². The smallest absolute Gasteiger partial charge is 0.315 e. The third-order valence-electron chi connectivity index (χ3n) is 6.22. The first kappa shape index (κ1) is 30.3. The summed E-state index contributed by atoms with van der Waals surface area (Å²) in [6, 6.07) is 13.1. The van der Waals surface area contributed by atoms with Gasteiger partial charge in [-0.1, -0.05) is 35.8 Å². The van der Waals surface area contributed by atoms with Crippen molar-refractivity contribution in [1.82, 2.24) is 9.66 Å². The van der Waals surface area contributed by atoms with Crippen LogP contribution in [0.1, 0.15) is 44.5 Å². The molecule has 0 spiro atoms. The van der Waals surface area contributed by atoms with Crippen LogP contribution in [0.5, 0.6) is 11.5 Å². The molecule has 218 valence electrons. The second-order valence-electron chi connectivity index (χ2n) is 9.21. The standard InChI is InChI=1S/C29H27BrFN5O6/c1-4-17(3)28-34-23-10-9-19(30)13-22(23)29(38)35(28)32-15-18-11-24(36(39)40)27(25(12-18)41-5-2)42-16-26(37)33-21-8-6-7-20(31)14-21/h6-15,17H,4-5,16H2,1-3H3,(H,33,37)/t17-/m1/s1. The number of carbonyl (C=O) groups excluding carboxylic acids is 1. The fraction of sp³-hybridized carbons (Fsp3) is 0.241. The van der Waals surface area contributed by atoms with E-state index < -0.39 is 34.5 Å². The summed E-state index contributed by atoms with van der Waals surface area (Å²) < 4.78 is 26.5. The lowest BCUT2D eigenvalue weighted by molar-refractivity contribution is -0.385. The van der Waals surface area contributed by atoms with Crippen molar-refractivity contribution in [2.75, 3.05) is 18.5 Å². The molecule has 1 heterocycles. The van der Waals surface area contributed by atoms with Crippen LogP contribution < -0.4 is 20.3 Å². The van der Waals surface area contributed by atoms with Crippen molar-refractivity contribution in [3.05, 3.63) is 96.7 Å². The van der Waals surface area contributed by atoms with E-state index in [0.29, 0.717) is 27.6 Å². The van der Waals surface area contributed by atoms with Crippen LogP contribution in [0, 0.1) is 15.9 Å². The highest BCUT2D eigenvalue weighted by molar-refractivity contribution is 9.10. The monoisotopic (exact) mass is 639 g/mol. The molecule has 0 saturated heterocycles. The average Bonchev–Trinajstić information content (AvgIpc) is 2.95. The van der Waals surface area contributed by atoms with Crippen LogP contribution in [0.4, 0.5) is 15.8 Å². The van der Waals surface area contributed by atoms with Gasteiger partial charge in [0.1, 0.15) is 11.6 Å². The summed E-state index contributed by atoms with van der Waals surface area (Å²) in [5.41, 5.74) is 0.116. The molecule has 11 nitrogen and oxygen atoms in total. The zero-order valence-corrected chi connectivity index (χ0v) is 24.6. The lowest BCUT2D eigenvalue weighted by Gasteiger charge is -2.14. The summed E-state index contributed by atoms with van der Waals surface area (Å²) in [4.78, 5) is 41.8. The van der Waals surface area contributed by atoms with Crippen LogP contribution in [0.15, 0.2) is 69.0 Å². The van der Waals surface area contributed by atoms with Gasteiger partial charge in [0.25, 0.3) is 11.5 Å². The van der Waals surface area contributed by atoms with Gasteiger partial charge in [-0.2, -0.15) is 9.78 Å². The van der Waals surface area contributed by atoms with Crippen LogP contribution >= 0.6 is 15.9 Å². The molecule has 0 aliphatic rings. The van der Waals surface area contributed by atoms with E-state index in [-0.39, 0.29) is 35.3 Å². The number of anilines is 1. The van der Waals surface area contributed by atoms with Crippen LogP contribution in [-0.2, 0) is 4.79 Å². The van der Waals surface area contributed by atoms with Crippen molar-refractivity contribution < 1.29 is 23.6 Å². The molecule has 4 rings (SSSR count). The molecule has 0 aliphatic carbocycles. The number of aromatic nitrogens is 2. The highest BCUT2D eigenvalue weighted by Gasteiger charge is 2.24. The second-order valence-corrected chi connectivity index (χ2v) is 10.1. The Bertz CT molecular complexity index is 1740. The maximum Gasteiger partial charge on any atom is 0.315 e. The predicted octanol–water partition coefficient (Wildman–Crippen LogP) is 6.02. The molecule has 1 aromatic heterocycles. The number of nitrogens with zero attached hydrogens (tertiary/aromatic N) is 4. The topological polar surface area (TPSA) is 138 Å². The van der Waals surface area contributed by atoms with Crippen molar-refractivity contribution in [2.24, 2.45) is 5.10 Å². The molecule has 1 amide bonds. The third kappa shape index (κ3) is 6.97. The second kappa shape index (κ2) is 13.3. The Labute approximate surface area is 248 Å². The quantitative estimate of drug-likeness (QED) is 0.120. The maximum absolute atomic E-state index is 13.4. The number of hydrogen-bond donors (Lipinski definition) is 1. The highest BCUT2D eigenvalue weighted by Crippen LogP contribution is 2.38. The number of benzene rings is 3. The van der Waals surface area contributed by atoms with Crippen LogP contribution in [-0.4, -0.2) is 39.9 Å². The zero-order chi connectivity index (χ0) is 30.4. The Morgan fingerprint density at radius 2 is 2.00 bits per heavy atom. The van der Waals surface area contributed by atoms with E-state index in [0.717, 1.165) is 6.07 Å².